The topological polar surface area (TPSA) is 35.5 Å². The first-order valence-electron chi connectivity index (χ1n) is 6.06. The molecule has 1 atom stereocenters. The first-order valence-corrected chi connectivity index (χ1v) is 6.86. The molecule has 17 heavy (non-hydrogen) atoms. The molecule has 0 spiro atoms. The first-order chi connectivity index (χ1) is 8.26. The molecule has 0 aromatic heterocycles. The van der Waals surface area contributed by atoms with Crippen LogP contribution >= 0.6 is 15.9 Å². The average Bonchev–Trinajstić information content (AvgIpc) is 2.80. The molecular formula is C13H19BrN2O. The van der Waals surface area contributed by atoms with Gasteiger partial charge < -0.3 is 15.3 Å². The van der Waals surface area contributed by atoms with Crippen LogP contribution in [0.3, 0.4) is 0 Å². The summed E-state index contributed by atoms with van der Waals surface area (Å²) in [5.74, 6) is 0. The highest BCUT2D eigenvalue weighted by Crippen LogP contribution is 2.29. The van der Waals surface area contributed by atoms with E-state index in [0.717, 1.165) is 24.0 Å². The summed E-state index contributed by atoms with van der Waals surface area (Å²) in [5, 5.41) is 12.5. The fourth-order valence-corrected chi connectivity index (χ4v) is 2.92. The van der Waals surface area contributed by atoms with E-state index in [4.69, 9.17) is 0 Å². The summed E-state index contributed by atoms with van der Waals surface area (Å²) in [5.41, 5.74) is 2.46. The Balaban J connectivity index is 2.19. The summed E-state index contributed by atoms with van der Waals surface area (Å²) >= 11 is 3.61. The third-order valence-corrected chi connectivity index (χ3v) is 4.06. The highest BCUT2D eigenvalue weighted by molar-refractivity contribution is 9.10. The second-order valence-electron chi connectivity index (χ2n) is 4.48. The number of hydrogen-bond donors (Lipinski definition) is 2. The summed E-state index contributed by atoms with van der Waals surface area (Å²) in [6, 6.07) is 6.73. The average molecular weight is 299 g/mol. The van der Waals surface area contributed by atoms with Gasteiger partial charge >= 0.3 is 0 Å². The zero-order chi connectivity index (χ0) is 12.3. The fourth-order valence-electron chi connectivity index (χ4n) is 2.41. The Morgan fingerprint density at radius 2 is 2.35 bits per heavy atom. The summed E-state index contributed by atoms with van der Waals surface area (Å²) in [4.78, 5) is 2.30. The van der Waals surface area contributed by atoms with Crippen molar-refractivity contribution in [1.29, 1.82) is 0 Å². The van der Waals surface area contributed by atoms with Crippen LogP contribution in [0.1, 0.15) is 18.4 Å². The molecule has 1 aliphatic rings. The Labute approximate surface area is 111 Å². The molecule has 0 radical (unpaired) electrons. The van der Waals surface area contributed by atoms with E-state index < -0.39 is 0 Å². The third-order valence-electron chi connectivity index (χ3n) is 3.32. The largest absolute Gasteiger partial charge is 0.394 e. The van der Waals surface area contributed by atoms with E-state index in [0.29, 0.717) is 0 Å². The van der Waals surface area contributed by atoms with Gasteiger partial charge in [-0.05, 0) is 37.6 Å². The van der Waals surface area contributed by atoms with Crippen LogP contribution in [0.15, 0.2) is 22.7 Å². The van der Waals surface area contributed by atoms with Crippen molar-refractivity contribution in [1.82, 2.24) is 5.32 Å². The van der Waals surface area contributed by atoms with Crippen molar-refractivity contribution in [3.8, 4) is 0 Å². The minimum atomic E-state index is 0.246. The van der Waals surface area contributed by atoms with E-state index in [2.05, 4.69) is 44.3 Å². The van der Waals surface area contributed by atoms with Crippen molar-refractivity contribution in [2.45, 2.75) is 25.4 Å². The summed E-state index contributed by atoms with van der Waals surface area (Å²) in [6.45, 7) is 2.16. The van der Waals surface area contributed by atoms with Gasteiger partial charge in [-0.25, -0.2) is 0 Å². The van der Waals surface area contributed by atoms with Crippen LogP contribution in [0.25, 0.3) is 0 Å². The fraction of sp³-hybridized carbons (Fsp3) is 0.538. The molecule has 1 unspecified atom stereocenters. The molecule has 0 amide bonds. The lowest BCUT2D eigenvalue weighted by Crippen LogP contribution is -2.32. The van der Waals surface area contributed by atoms with Crippen molar-refractivity contribution < 1.29 is 5.11 Å². The van der Waals surface area contributed by atoms with E-state index in [1.54, 1.807) is 0 Å². The van der Waals surface area contributed by atoms with Gasteiger partial charge in [-0.3, -0.25) is 0 Å². The molecule has 3 nitrogen and oxygen atoms in total. The van der Waals surface area contributed by atoms with Crippen LogP contribution in [0.5, 0.6) is 0 Å². The van der Waals surface area contributed by atoms with Crippen LogP contribution in [0.4, 0.5) is 5.69 Å². The monoisotopic (exact) mass is 298 g/mol. The summed E-state index contributed by atoms with van der Waals surface area (Å²) < 4.78 is 1.13. The van der Waals surface area contributed by atoms with Crippen molar-refractivity contribution >= 4 is 21.6 Å². The van der Waals surface area contributed by atoms with Gasteiger partial charge in [-0.2, -0.15) is 0 Å². The molecule has 4 heteroatoms. The van der Waals surface area contributed by atoms with Crippen LogP contribution in [-0.4, -0.2) is 31.3 Å². The molecule has 1 aromatic carbocycles. The lowest BCUT2D eigenvalue weighted by molar-refractivity contribution is 0.266. The highest BCUT2D eigenvalue weighted by atomic mass is 79.9. The number of halogens is 1. The number of nitrogens with zero attached hydrogens (tertiary/aromatic N) is 1. The standard InChI is InChI=1S/C13H19BrN2O/c1-15-8-10-4-5-11(7-13(10)14)16-6-2-3-12(16)9-17/h4-5,7,12,15,17H,2-3,6,8-9H2,1H3. The zero-order valence-corrected chi connectivity index (χ0v) is 11.7. The van der Waals surface area contributed by atoms with Crippen LogP contribution in [0, 0.1) is 0 Å². The Hall–Kier alpha value is -0.580. The van der Waals surface area contributed by atoms with Gasteiger partial charge in [0.1, 0.15) is 0 Å². The molecule has 2 N–H and O–H groups in total. The predicted octanol–water partition coefficient (Wildman–Crippen LogP) is 2.13. The maximum Gasteiger partial charge on any atom is 0.0635 e. The zero-order valence-electron chi connectivity index (χ0n) is 10.1. The maximum absolute atomic E-state index is 9.34. The van der Waals surface area contributed by atoms with Crippen molar-refractivity contribution in [2.75, 3.05) is 25.1 Å². The molecule has 0 saturated carbocycles. The molecule has 0 aliphatic carbocycles. The third kappa shape index (κ3) is 2.81. The van der Waals surface area contributed by atoms with Gasteiger partial charge in [-0.1, -0.05) is 22.0 Å². The summed E-state index contributed by atoms with van der Waals surface area (Å²) in [6.07, 6.45) is 2.26. The Bertz CT molecular complexity index is 384. The van der Waals surface area contributed by atoms with Gasteiger partial charge in [0, 0.05) is 23.2 Å². The number of hydrogen-bond acceptors (Lipinski definition) is 3. The van der Waals surface area contributed by atoms with E-state index in [9.17, 15) is 5.11 Å². The number of nitrogens with one attached hydrogen (secondary N) is 1. The smallest absolute Gasteiger partial charge is 0.0635 e. The number of anilines is 1. The minimum Gasteiger partial charge on any atom is -0.394 e. The maximum atomic E-state index is 9.34. The molecule has 0 bridgehead atoms. The van der Waals surface area contributed by atoms with E-state index in [1.165, 1.54) is 17.7 Å². The molecule has 2 rings (SSSR count). The molecule has 1 fully saturated rings. The van der Waals surface area contributed by atoms with E-state index in [-0.39, 0.29) is 12.6 Å². The van der Waals surface area contributed by atoms with Gasteiger partial charge in [-0.15, -0.1) is 0 Å². The van der Waals surface area contributed by atoms with E-state index >= 15 is 0 Å². The van der Waals surface area contributed by atoms with Gasteiger partial charge in [0.05, 0.1) is 12.6 Å². The number of rotatable bonds is 4. The van der Waals surface area contributed by atoms with Crippen LogP contribution < -0.4 is 10.2 Å². The number of aliphatic hydroxyl groups is 1. The summed E-state index contributed by atoms with van der Waals surface area (Å²) in [7, 11) is 1.95. The SMILES string of the molecule is CNCc1ccc(N2CCCC2CO)cc1Br. The lowest BCUT2D eigenvalue weighted by atomic mass is 10.1. The van der Waals surface area contributed by atoms with Crippen molar-refractivity contribution in [3.05, 3.63) is 28.2 Å². The molecular weight excluding hydrogens is 280 g/mol. The second kappa shape index (κ2) is 5.85. The van der Waals surface area contributed by atoms with Gasteiger partial charge in [0.25, 0.3) is 0 Å². The Morgan fingerprint density at radius 1 is 1.53 bits per heavy atom. The highest BCUT2D eigenvalue weighted by Gasteiger charge is 2.24. The molecule has 1 aliphatic heterocycles. The van der Waals surface area contributed by atoms with E-state index in [1.807, 2.05) is 7.05 Å². The first kappa shape index (κ1) is 12.9. The molecule has 1 heterocycles. The van der Waals surface area contributed by atoms with Crippen molar-refractivity contribution in [3.63, 3.8) is 0 Å². The molecule has 1 saturated heterocycles. The quantitative estimate of drug-likeness (QED) is 0.894. The van der Waals surface area contributed by atoms with Crippen LogP contribution in [-0.2, 0) is 6.54 Å². The second-order valence-corrected chi connectivity index (χ2v) is 5.33. The Morgan fingerprint density at radius 3 is 3.00 bits per heavy atom. The molecule has 94 valence electrons. The molecule has 1 aromatic rings. The van der Waals surface area contributed by atoms with Gasteiger partial charge in [0.15, 0.2) is 0 Å². The lowest BCUT2D eigenvalue weighted by Gasteiger charge is -2.25. The normalized spacial score (nSPS) is 19.9. The number of aliphatic hydroxyl groups excluding tert-OH is 1. The number of benzene rings is 1. The van der Waals surface area contributed by atoms with Gasteiger partial charge in [0.2, 0.25) is 0 Å². The Kier molecular flexibility index (Phi) is 4.42. The van der Waals surface area contributed by atoms with Crippen LogP contribution in [0.2, 0.25) is 0 Å². The minimum absolute atomic E-state index is 0.246. The van der Waals surface area contributed by atoms with Crippen molar-refractivity contribution in [2.24, 2.45) is 0 Å². The predicted molar refractivity (Wildman–Crippen MR) is 74.4 cm³/mol.